The molecule has 6 heteroatoms. The van der Waals surface area contributed by atoms with E-state index < -0.39 is 0 Å². The Morgan fingerprint density at radius 3 is 2.41 bits per heavy atom. The molecule has 1 aliphatic heterocycles. The summed E-state index contributed by atoms with van der Waals surface area (Å²) in [7, 11) is 5.82. The van der Waals surface area contributed by atoms with Crippen molar-refractivity contribution in [3.05, 3.63) is 65.5 Å². The molecule has 2 aliphatic rings. The van der Waals surface area contributed by atoms with E-state index in [0.717, 1.165) is 42.7 Å². The van der Waals surface area contributed by atoms with Gasteiger partial charge in [-0.2, -0.15) is 0 Å². The molecular formula is C28H38FN3O2. The van der Waals surface area contributed by atoms with Gasteiger partial charge in [0.15, 0.2) is 0 Å². The highest BCUT2D eigenvalue weighted by Gasteiger charge is 2.38. The number of nitrogens with zero attached hydrogens (tertiary/aromatic N) is 3. The van der Waals surface area contributed by atoms with Crippen molar-refractivity contribution < 1.29 is 13.9 Å². The average Bonchev–Trinajstić information content (AvgIpc) is 2.86. The SMILES string of the molecule is COc1ccc(CN2CCC[C@](c3cccc(F)c3)(N(C)C)CCN(CC3CCC3)C2=O)cc1. The number of carbonyl (C=O) groups is 1. The van der Waals surface area contributed by atoms with E-state index in [9.17, 15) is 9.18 Å². The van der Waals surface area contributed by atoms with Crippen LogP contribution in [0.3, 0.4) is 0 Å². The van der Waals surface area contributed by atoms with Crippen LogP contribution in [0.2, 0.25) is 0 Å². The maximum Gasteiger partial charge on any atom is 0.320 e. The number of hydrogen-bond donors (Lipinski definition) is 0. The first-order chi connectivity index (χ1) is 16.4. The molecule has 1 saturated heterocycles. The molecule has 34 heavy (non-hydrogen) atoms. The van der Waals surface area contributed by atoms with Crippen molar-refractivity contribution in [2.24, 2.45) is 5.92 Å². The lowest BCUT2D eigenvalue weighted by molar-refractivity contribution is 0.102. The zero-order chi connectivity index (χ0) is 24.1. The molecule has 0 unspecified atom stereocenters. The van der Waals surface area contributed by atoms with Gasteiger partial charge < -0.3 is 14.5 Å². The van der Waals surface area contributed by atoms with E-state index in [-0.39, 0.29) is 17.4 Å². The Bertz CT molecular complexity index is 960. The van der Waals surface area contributed by atoms with Crippen molar-refractivity contribution in [3.8, 4) is 5.75 Å². The topological polar surface area (TPSA) is 36.0 Å². The fraction of sp³-hybridized carbons (Fsp3) is 0.536. The number of methoxy groups -OCH3 is 1. The van der Waals surface area contributed by atoms with Gasteiger partial charge in [0, 0.05) is 31.7 Å². The Kier molecular flexibility index (Phi) is 7.77. The molecule has 0 bridgehead atoms. The number of carbonyl (C=O) groups excluding carboxylic acids is 1. The van der Waals surface area contributed by atoms with Crippen LogP contribution in [-0.2, 0) is 12.1 Å². The van der Waals surface area contributed by atoms with Crippen molar-refractivity contribution in [1.82, 2.24) is 14.7 Å². The second-order valence-corrected chi connectivity index (χ2v) is 10.1. The standard InChI is InChI=1S/C28H38FN3O2/c1-30(2)28(24-9-5-10-25(29)19-24)15-6-17-31(21-23-11-13-26(34-3)14-12-23)27(33)32(18-16-28)20-22-7-4-8-22/h5,9-14,19,22H,4,6-8,15-18,20-21H2,1-3H3/t28-/m0/s1. The maximum atomic E-state index is 14.2. The minimum Gasteiger partial charge on any atom is -0.497 e. The van der Waals surface area contributed by atoms with Crippen molar-refractivity contribution in [2.45, 2.75) is 50.6 Å². The Labute approximate surface area is 203 Å². The third-order valence-corrected chi connectivity index (χ3v) is 7.81. The van der Waals surface area contributed by atoms with Gasteiger partial charge in [-0.15, -0.1) is 0 Å². The molecule has 1 atom stereocenters. The number of hydrogen-bond acceptors (Lipinski definition) is 3. The predicted molar refractivity (Wildman–Crippen MR) is 133 cm³/mol. The van der Waals surface area contributed by atoms with E-state index >= 15 is 0 Å². The van der Waals surface area contributed by atoms with Crippen molar-refractivity contribution in [1.29, 1.82) is 0 Å². The fourth-order valence-electron chi connectivity index (χ4n) is 5.43. The number of rotatable bonds is 7. The van der Waals surface area contributed by atoms with Crippen molar-refractivity contribution in [3.63, 3.8) is 0 Å². The van der Waals surface area contributed by atoms with Gasteiger partial charge in [0.25, 0.3) is 0 Å². The molecule has 5 nitrogen and oxygen atoms in total. The van der Waals surface area contributed by atoms with E-state index in [1.165, 1.54) is 25.3 Å². The molecule has 2 amide bonds. The van der Waals surface area contributed by atoms with Gasteiger partial charge in [-0.1, -0.05) is 30.7 Å². The van der Waals surface area contributed by atoms with Crippen LogP contribution in [0.25, 0.3) is 0 Å². The average molecular weight is 468 g/mol. The van der Waals surface area contributed by atoms with Crippen LogP contribution in [0, 0.1) is 11.7 Å². The van der Waals surface area contributed by atoms with Gasteiger partial charge in [0.05, 0.1) is 7.11 Å². The molecule has 1 heterocycles. The summed E-state index contributed by atoms with van der Waals surface area (Å²) in [5, 5.41) is 0. The molecule has 2 aromatic carbocycles. The Balaban J connectivity index is 1.61. The van der Waals surface area contributed by atoms with Crippen molar-refractivity contribution >= 4 is 6.03 Å². The lowest BCUT2D eigenvalue weighted by atomic mass is 9.80. The molecule has 0 spiro atoms. The minimum absolute atomic E-state index is 0.122. The van der Waals surface area contributed by atoms with Crippen molar-refractivity contribution in [2.75, 3.05) is 40.8 Å². The predicted octanol–water partition coefficient (Wildman–Crippen LogP) is 5.50. The van der Waals surface area contributed by atoms with E-state index in [1.807, 2.05) is 35.2 Å². The first kappa shape index (κ1) is 24.5. The molecular weight excluding hydrogens is 429 g/mol. The summed E-state index contributed by atoms with van der Waals surface area (Å²) in [5.41, 5.74) is 1.79. The zero-order valence-corrected chi connectivity index (χ0v) is 20.8. The van der Waals surface area contributed by atoms with Crippen LogP contribution < -0.4 is 4.74 Å². The van der Waals surface area contributed by atoms with Crippen LogP contribution in [0.15, 0.2) is 48.5 Å². The molecule has 184 valence electrons. The lowest BCUT2D eigenvalue weighted by Gasteiger charge is -2.42. The second-order valence-electron chi connectivity index (χ2n) is 10.1. The highest BCUT2D eigenvalue weighted by molar-refractivity contribution is 5.74. The number of halogens is 1. The van der Waals surface area contributed by atoms with E-state index in [0.29, 0.717) is 25.6 Å². The summed E-state index contributed by atoms with van der Waals surface area (Å²) >= 11 is 0. The normalized spacial score (nSPS) is 22.2. The largest absolute Gasteiger partial charge is 0.497 e. The van der Waals surface area contributed by atoms with Gasteiger partial charge in [0.2, 0.25) is 0 Å². The zero-order valence-electron chi connectivity index (χ0n) is 20.8. The molecule has 2 aromatic rings. The van der Waals surface area contributed by atoms with Gasteiger partial charge in [-0.3, -0.25) is 4.90 Å². The van der Waals surface area contributed by atoms with Gasteiger partial charge in [-0.05, 0) is 87.5 Å². The Morgan fingerprint density at radius 2 is 1.79 bits per heavy atom. The first-order valence-corrected chi connectivity index (χ1v) is 12.5. The summed E-state index contributed by atoms with van der Waals surface area (Å²) in [6.07, 6.45) is 6.17. The Hall–Kier alpha value is -2.60. The highest BCUT2D eigenvalue weighted by Crippen LogP contribution is 2.38. The highest BCUT2D eigenvalue weighted by atomic mass is 19.1. The number of benzene rings is 2. The Morgan fingerprint density at radius 1 is 1.03 bits per heavy atom. The van der Waals surface area contributed by atoms with Crippen LogP contribution in [0.4, 0.5) is 9.18 Å². The quantitative estimate of drug-likeness (QED) is 0.540. The van der Waals surface area contributed by atoms with Gasteiger partial charge >= 0.3 is 6.03 Å². The van der Waals surface area contributed by atoms with Crippen LogP contribution in [0.5, 0.6) is 5.75 Å². The number of ether oxygens (including phenoxy) is 1. The monoisotopic (exact) mass is 467 g/mol. The molecule has 2 fully saturated rings. The van der Waals surface area contributed by atoms with Crippen LogP contribution in [-0.4, -0.2) is 61.6 Å². The van der Waals surface area contributed by atoms with Gasteiger partial charge in [-0.25, -0.2) is 9.18 Å². The molecule has 0 N–H and O–H groups in total. The second kappa shape index (κ2) is 10.8. The summed E-state index contributed by atoms with van der Waals surface area (Å²) in [6, 6.07) is 15.1. The maximum absolute atomic E-state index is 14.2. The fourth-order valence-corrected chi connectivity index (χ4v) is 5.43. The summed E-state index contributed by atoms with van der Waals surface area (Å²) in [4.78, 5) is 20.1. The smallest absolute Gasteiger partial charge is 0.320 e. The third kappa shape index (κ3) is 5.38. The van der Waals surface area contributed by atoms with E-state index in [1.54, 1.807) is 19.2 Å². The summed E-state index contributed by atoms with van der Waals surface area (Å²) in [5.74, 6) is 1.20. The minimum atomic E-state index is -0.309. The van der Waals surface area contributed by atoms with Crippen LogP contribution in [0.1, 0.15) is 49.7 Å². The molecule has 0 radical (unpaired) electrons. The molecule has 1 aliphatic carbocycles. The third-order valence-electron chi connectivity index (χ3n) is 7.81. The van der Waals surface area contributed by atoms with E-state index in [4.69, 9.17) is 4.74 Å². The summed E-state index contributed by atoms with van der Waals surface area (Å²) in [6.45, 7) is 2.74. The summed E-state index contributed by atoms with van der Waals surface area (Å²) < 4.78 is 19.5. The molecule has 0 aromatic heterocycles. The number of urea groups is 1. The number of amides is 2. The molecule has 4 rings (SSSR count). The molecule has 1 saturated carbocycles. The first-order valence-electron chi connectivity index (χ1n) is 12.5. The van der Waals surface area contributed by atoms with E-state index in [2.05, 4.69) is 23.9 Å². The van der Waals surface area contributed by atoms with Gasteiger partial charge in [0.1, 0.15) is 11.6 Å². The van der Waals surface area contributed by atoms with Crippen LogP contribution >= 0.6 is 0 Å². The lowest BCUT2D eigenvalue weighted by Crippen LogP contribution is -2.48.